The van der Waals surface area contributed by atoms with Crippen molar-refractivity contribution in [3.63, 3.8) is 0 Å². The van der Waals surface area contributed by atoms with E-state index in [0.29, 0.717) is 11.3 Å². The van der Waals surface area contributed by atoms with Crippen LogP contribution in [0.2, 0.25) is 0 Å². The highest BCUT2D eigenvalue weighted by molar-refractivity contribution is 6.01. The summed E-state index contributed by atoms with van der Waals surface area (Å²) in [5, 5.41) is 0. The molecule has 0 saturated heterocycles. The Balaban J connectivity index is 2.40. The van der Waals surface area contributed by atoms with Gasteiger partial charge in [0.05, 0.1) is 5.57 Å². The fraction of sp³-hybridized carbons (Fsp3) is 0.154. The maximum Gasteiger partial charge on any atom is 0.343 e. The second-order valence-electron chi connectivity index (χ2n) is 3.68. The number of esters is 1. The van der Waals surface area contributed by atoms with Gasteiger partial charge in [-0.3, -0.25) is 0 Å². The highest BCUT2D eigenvalue weighted by Crippen LogP contribution is 2.27. The molecule has 0 spiro atoms. The van der Waals surface area contributed by atoms with Crippen LogP contribution in [0.1, 0.15) is 19.4 Å². The molecule has 15 heavy (non-hydrogen) atoms. The molecule has 1 aliphatic rings. The molecule has 0 fully saturated rings. The van der Waals surface area contributed by atoms with Crippen molar-refractivity contribution in [1.29, 1.82) is 0 Å². The highest BCUT2D eigenvalue weighted by atomic mass is 16.5. The first-order valence-electron chi connectivity index (χ1n) is 4.85. The Hall–Kier alpha value is -1.83. The van der Waals surface area contributed by atoms with Gasteiger partial charge in [0.2, 0.25) is 0 Å². The summed E-state index contributed by atoms with van der Waals surface area (Å²) in [5.74, 6) is 0.380. The van der Waals surface area contributed by atoms with Gasteiger partial charge >= 0.3 is 5.97 Å². The number of hydrogen-bond donors (Lipinski definition) is 0. The standard InChI is InChI=1S/C13H12O2/c1-9(2)11-8-12(15-13(11)14)10-6-4-3-5-7-10/h3-8H,1-2H3. The van der Waals surface area contributed by atoms with Crippen LogP contribution in [0.3, 0.4) is 0 Å². The van der Waals surface area contributed by atoms with Gasteiger partial charge in [0.15, 0.2) is 0 Å². The Morgan fingerprint density at radius 3 is 2.33 bits per heavy atom. The lowest BCUT2D eigenvalue weighted by Crippen LogP contribution is -1.98. The van der Waals surface area contributed by atoms with Crippen LogP contribution >= 0.6 is 0 Å². The Labute approximate surface area is 88.9 Å². The predicted octanol–water partition coefficient (Wildman–Crippen LogP) is 2.92. The molecule has 0 N–H and O–H groups in total. The van der Waals surface area contributed by atoms with Gasteiger partial charge < -0.3 is 4.74 Å². The Bertz CT molecular complexity index is 449. The van der Waals surface area contributed by atoms with Crippen LogP contribution in [0.4, 0.5) is 0 Å². The Kier molecular flexibility index (Phi) is 2.42. The third kappa shape index (κ3) is 1.84. The van der Waals surface area contributed by atoms with Crippen molar-refractivity contribution in [1.82, 2.24) is 0 Å². The van der Waals surface area contributed by atoms with Crippen molar-refractivity contribution in [3.05, 3.63) is 53.1 Å². The van der Waals surface area contributed by atoms with Gasteiger partial charge in [-0.15, -0.1) is 0 Å². The van der Waals surface area contributed by atoms with Crippen LogP contribution in [0.5, 0.6) is 0 Å². The zero-order valence-electron chi connectivity index (χ0n) is 8.78. The molecule has 0 radical (unpaired) electrons. The number of cyclic esters (lactones) is 1. The van der Waals surface area contributed by atoms with E-state index in [-0.39, 0.29) is 5.97 Å². The third-order valence-corrected chi connectivity index (χ3v) is 2.29. The second kappa shape index (κ2) is 3.73. The lowest BCUT2D eigenvalue weighted by atomic mass is 10.1. The third-order valence-electron chi connectivity index (χ3n) is 2.29. The van der Waals surface area contributed by atoms with Crippen molar-refractivity contribution in [2.24, 2.45) is 0 Å². The molecule has 0 aliphatic carbocycles. The molecular formula is C13H12O2. The topological polar surface area (TPSA) is 26.3 Å². The van der Waals surface area contributed by atoms with Gasteiger partial charge in [-0.25, -0.2) is 4.79 Å². The van der Waals surface area contributed by atoms with Crippen LogP contribution in [0.25, 0.3) is 5.76 Å². The molecule has 2 rings (SSSR count). The zero-order valence-corrected chi connectivity index (χ0v) is 8.78. The minimum atomic E-state index is -0.256. The van der Waals surface area contributed by atoms with Gasteiger partial charge in [-0.05, 0) is 19.9 Å². The Morgan fingerprint density at radius 2 is 1.80 bits per heavy atom. The monoisotopic (exact) mass is 200 g/mol. The lowest BCUT2D eigenvalue weighted by molar-refractivity contribution is -0.131. The summed E-state index contributed by atoms with van der Waals surface area (Å²) in [6.45, 7) is 3.81. The highest BCUT2D eigenvalue weighted by Gasteiger charge is 2.22. The first-order valence-corrected chi connectivity index (χ1v) is 4.85. The summed E-state index contributed by atoms with van der Waals surface area (Å²) < 4.78 is 5.19. The fourth-order valence-corrected chi connectivity index (χ4v) is 1.47. The van der Waals surface area contributed by atoms with E-state index in [9.17, 15) is 4.79 Å². The molecule has 1 aromatic carbocycles. The molecule has 2 heteroatoms. The maximum absolute atomic E-state index is 11.5. The molecule has 2 nitrogen and oxygen atoms in total. The van der Waals surface area contributed by atoms with Crippen molar-refractivity contribution < 1.29 is 9.53 Å². The molecule has 1 aliphatic heterocycles. The van der Waals surface area contributed by atoms with Gasteiger partial charge in [-0.1, -0.05) is 35.9 Å². The SMILES string of the molecule is CC(C)=C1C=C(c2ccccc2)OC1=O. The van der Waals surface area contributed by atoms with E-state index in [4.69, 9.17) is 4.74 Å². The van der Waals surface area contributed by atoms with Crippen molar-refractivity contribution in [3.8, 4) is 0 Å². The molecule has 0 atom stereocenters. The largest absolute Gasteiger partial charge is 0.422 e. The molecule has 0 saturated carbocycles. The molecular weight excluding hydrogens is 188 g/mol. The second-order valence-corrected chi connectivity index (χ2v) is 3.68. The van der Waals surface area contributed by atoms with E-state index in [1.165, 1.54) is 0 Å². The normalized spacial score (nSPS) is 14.9. The van der Waals surface area contributed by atoms with Crippen molar-refractivity contribution in [2.75, 3.05) is 0 Å². The number of hydrogen-bond acceptors (Lipinski definition) is 2. The van der Waals surface area contributed by atoms with Crippen LogP contribution in [0, 0.1) is 0 Å². The number of carbonyl (C=O) groups excluding carboxylic acids is 1. The van der Waals surface area contributed by atoms with E-state index in [0.717, 1.165) is 11.1 Å². The van der Waals surface area contributed by atoms with E-state index < -0.39 is 0 Å². The summed E-state index contributed by atoms with van der Waals surface area (Å²) in [4.78, 5) is 11.5. The Morgan fingerprint density at radius 1 is 1.13 bits per heavy atom. The molecule has 1 aromatic rings. The molecule has 1 heterocycles. The first kappa shape index (κ1) is 9.71. The van der Waals surface area contributed by atoms with Crippen LogP contribution in [-0.4, -0.2) is 5.97 Å². The minimum Gasteiger partial charge on any atom is -0.422 e. The average molecular weight is 200 g/mol. The molecule has 0 unspecified atom stereocenters. The summed E-state index contributed by atoms with van der Waals surface area (Å²) >= 11 is 0. The predicted molar refractivity (Wildman–Crippen MR) is 58.9 cm³/mol. The van der Waals surface area contributed by atoms with Crippen LogP contribution in [-0.2, 0) is 9.53 Å². The van der Waals surface area contributed by atoms with Crippen molar-refractivity contribution in [2.45, 2.75) is 13.8 Å². The lowest BCUT2D eigenvalue weighted by Gasteiger charge is -2.00. The summed E-state index contributed by atoms with van der Waals surface area (Å²) in [5.41, 5.74) is 2.57. The number of rotatable bonds is 1. The van der Waals surface area contributed by atoms with Gasteiger partial charge in [0, 0.05) is 5.56 Å². The molecule has 76 valence electrons. The smallest absolute Gasteiger partial charge is 0.343 e. The fourth-order valence-electron chi connectivity index (χ4n) is 1.47. The van der Waals surface area contributed by atoms with E-state index in [1.807, 2.05) is 44.2 Å². The van der Waals surface area contributed by atoms with E-state index in [1.54, 1.807) is 6.08 Å². The molecule has 0 aromatic heterocycles. The minimum absolute atomic E-state index is 0.256. The van der Waals surface area contributed by atoms with E-state index in [2.05, 4.69) is 0 Å². The number of allylic oxidation sites excluding steroid dienone is 1. The quantitative estimate of drug-likeness (QED) is 0.514. The summed E-state index contributed by atoms with van der Waals surface area (Å²) in [6.07, 6.45) is 1.80. The van der Waals surface area contributed by atoms with Crippen LogP contribution < -0.4 is 0 Å². The molecule has 0 bridgehead atoms. The number of carbonyl (C=O) groups is 1. The van der Waals surface area contributed by atoms with Gasteiger partial charge in [0.1, 0.15) is 5.76 Å². The number of ether oxygens (including phenoxy) is 1. The zero-order chi connectivity index (χ0) is 10.8. The summed E-state index contributed by atoms with van der Waals surface area (Å²) in [6, 6.07) is 9.62. The maximum atomic E-state index is 11.5. The molecule has 0 amide bonds. The van der Waals surface area contributed by atoms with Crippen molar-refractivity contribution >= 4 is 11.7 Å². The van der Waals surface area contributed by atoms with Gasteiger partial charge in [-0.2, -0.15) is 0 Å². The first-order chi connectivity index (χ1) is 7.18. The van der Waals surface area contributed by atoms with Crippen LogP contribution in [0.15, 0.2) is 47.6 Å². The summed E-state index contributed by atoms with van der Waals surface area (Å²) in [7, 11) is 0. The average Bonchev–Trinajstić information content (AvgIpc) is 2.62. The van der Waals surface area contributed by atoms with E-state index >= 15 is 0 Å². The van der Waals surface area contributed by atoms with Gasteiger partial charge in [0.25, 0.3) is 0 Å². The number of benzene rings is 1.